The highest BCUT2D eigenvalue weighted by molar-refractivity contribution is 9.10. The molecule has 3 nitrogen and oxygen atoms in total. The van der Waals surface area contributed by atoms with Crippen molar-refractivity contribution in [2.45, 2.75) is 38.5 Å². The highest BCUT2D eigenvalue weighted by atomic mass is 79.9. The van der Waals surface area contributed by atoms with Crippen molar-refractivity contribution in [2.24, 2.45) is 0 Å². The molecule has 1 heterocycles. The number of rotatable bonds is 3. The summed E-state index contributed by atoms with van der Waals surface area (Å²) in [4.78, 5) is 4.15. The van der Waals surface area contributed by atoms with Crippen molar-refractivity contribution >= 4 is 27.3 Å². The Kier molecular flexibility index (Phi) is 4.79. The van der Waals surface area contributed by atoms with Crippen molar-refractivity contribution < 1.29 is 4.55 Å². The molecule has 2 atom stereocenters. The fraction of sp³-hybridized carbons (Fsp3) is 0.545. The van der Waals surface area contributed by atoms with Gasteiger partial charge in [0.2, 0.25) is 0 Å². The molecule has 1 N–H and O–H groups in total. The molecule has 5 heteroatoms. The molecule has 0 saturated heterocycles. The molecule has 0 aliphatic carbocycles. The van der Waals surface area contributed by atoms with Crippen LogP contribution in [0.1, 0.15) is 39.3 Å². The minimum Gasteiger partial charge on any atom is -0.598 e. The lowest BCUT2D eigenvalue weighted by Gasteiger charge is -2.26. The van der Waals surface area contributed by atoms with Crippen LogP contribution in [0.2, 0.25) is 0 Å². The molecule has 0 radical (unpaired) electrons. The van der Waals surface area contributed by atoms with Crippen LogP contribution in [0.3, 0.4) is 0 Å². The Morgan fingerprint density at radius 1 is 1.44 bits per heavy atom. The average Bonchev–Trinajstić information content (AvgIpc) is 2.17. The zero-order valence-corrected chi connectivity index (χ0v) is 12.4. The van der Waals surface area contributed by atoms with Gasteiger partial charge in [0.15, 0.2) is 0 Å². The molecule has 1 rings (SSSR count). The van der Waals surface area contributed by atoms with Crippen LogP contribution in [0.15, 0.2) is 22.9 Å². The van der Waals surface area contributed by atoms with E-state index in [1.165, 1.54) is 0 Å². The van der Waals surface area contributed by atoms with Gasteiger partial charge in [0.05, 0.1) is 6.04 Å². The summed E-state index contributed by atoms with van der Waals surface area (Å²) in [5.41, 5.74) is 1.03. The number of aromatic nitrogens is 1. The van der Waals surface area contributed by atoms with Gasteiger partial charge in [-0.3, -0.25) is 0 Å². The predicted octanol–water partition coefficient (Wildman–Crippen LogP) is 2.96. The first-order valence-corrected chi connectivity index (χ1v) is 7.04. The van der Waals surface area contributed by atoms with Crippen molar-refractivity contribution in [3.63, 3.8) is 0 Å². The van der Waals surface area contributed by atoms with E-state index in [9.17, 15) is 4.55 Å². The Balaban J connectivity index is 2.65. The lowest BCUT2D eigenvalue weighted by atomic mass is 10.2. The van der Waals surface area contributed by atoms with Crippen LogP contribution in [0.25, 0.3) is 0 Å². The Morgan fingerprint density at radius 3 is 2.50 bits per heavy atom. The Morgan fingerprint density at radius 2 is 2.06 bits per heavy atom. The lowest BCUT2D eigenvalue weighted by molar-refractivity contribution is 0.531. The first kappa shape index (κ1) is 14.0. The first-order valence-electron chi connectivity index (χ1n) is 5.10. The molecule has 90 valence electrons. The van der Waals surface area contributed by atoms with E-state index in [1.807, 2.05) is 39.8 Å². The van der Waals surface area contributed by atoms with Crippen LogP contribution < -0.4 is 4.72 Å². The summed E-state index contributed by atoms with van der Waals surface area (Å²) >= 11 is 2.22. The quantitative estimate of drug-likeness (QED) is 0.690. The van der Waals surface area contributed by atoms with Crippen LogP contribution in [-0.4, -0.2) is 14.3 Å². The van der Waals surface area contributed by atoms with E-state index < -0.39 is 11.4 Å². The zero-order chi connectivity index (χ0) is 12.3. The summed E-state index contributed by atoms with van der Waals surface area (Å²) in [5.74, 6) is 0. The molecule has 0 unspecified atom stereocenters. The van der Waals surface area contributed by atoms with Crippen molar-refractivity contribution in [3.05, 3.63) is 28.5 Å². The molecule has 0 aliphatic rings. The van der Waals surface area contributed by atoms with Gasteiger partial charge in [0.1, 0.15) is 9.35 Å². The lowest BCUT2D eigenvalue weighted by Crippen LogP contribution is -2.40. The highest BCUT2D eigenvalue weighted by Crippen LogP contribution is 2.19. The fourth-order valence-corrected chi connectivity index (χ4v) is 2.09. The van der Waals surface area contributed by atoms with Gasteiger partial charge in [-0.2, -0.15) is 0 Å². The van der Waals surface area contributed by atoms with Crippen molar-refractivity contribution in [1.29, 1.82) is 0 Å². The zero-order valence-electron chi connectivity index (χ0n) is 9.95. The topological polar surface area (TPSA) is 48.0 Å². The molecular weight excluding hydrogens is 288 g/mol. The van der Waals surface area contributed by atoms with Crippen LogP contribution in [0.5, 0.6) is 0 Å². The van der Waals surface area contributed by atoms with Gasteiger partial charge in [-0.05, 0) is 55.3 Å². The van der Waals surface area contributed by atoms with Crippen LogP contribution in [0.4, 0.5) is 0 Å². The van der Waals surface area contributed by atoms with Gasteiger partial charge in [0.25, 0.3) is 0 Å². The van der Waals surface area contributed by atoms with Gasteiger partial charge >= 0.3 is 0 Å². The van der Waals surface area contributed by atoms with Gasteiger partial charge < -0.3 is 4.55 Å². The molecule has 0 amide bonds. The summed E-state index contributed by atoms with van der Waals surface area (Å²) in [6.07, 6.45) is 1.78. The summed E-state index contributed by atoms with van der Waals surface area (Å²) < 4.78 is 15.5. The number of hydrogen-bond donors (Lipinski definition) is 1. The van der Waals surface area contributed by atoms with Gasteiger partial charge in [0, 0.05) is 17.6 Å². The molecule has 0 aromatic carbocycles. The standard InChI is InChI=1S/C11H17BrN2OS/c1-8(14-16(15)11(2,3)4)9-5-6-10(12)13-7-9/h5-8,14H,1-4H3/t8-,16+/m0/s1. The highest BCUT2D eigenvalue weighted by Gasteiger charge is 2.28. The Bertz CT molecular complexity index is 337. The number of nitrogens with zero attached hydrogens (tertiary/aromatic N) is 1. The fourth-order valence-electron chi connectivity index (χ4n) is 1.05. The first-order chi connectivity index (χ1) is 7.30. The van der Waals surface area contributed by atoms with E-state index in [2.05, 4.69) is 25.6 Å². The number of nitrogens with one attached hydrogen (secondary N) is 1. The third-order valence-corrected chi connectivity index (χ3v) is 4.24. The molecular formula is C11H17BrN2OS. The van der Waals surface area contributed by atoms with Crippen LogP contribution >= 0.6 is 15.9 Å². The van der Waals surface area contributed by atoms with Gasteiger partial charge in [-0.25, -0.2) is 4.98 Å². The van der Waals surface area contributed by atoms with E-state index in [4.69, 9.17) is 0 Å². The Hall–Kier alpha value is -0.100. The van der Waals surface area contributed by atoms with Gasteiger partial charge in [-0.15, -0.1) is 4.72 Å². The van der Waals surface area contributed by atoms with E-state index >= 15 is 0 Å². The molecule has 0 aliphatic heterocycles. The van der Waals surface area contributed by atoms with E-state index in [1.54, 1.807) is 6.20 Å². The van der Waals surface area contributed by atoms with Crippen molar-refractivity contribution in [1.82, 2.24) is 9.71 Å². The molecule has 1 aromatic heterocycles. The maximum atomic E-state index is 11.9. The average molecular weight is 305 g/mol. The smallest absolute Gasteiger partial charge is 0.136 e. The molecule has 0 saturated carbocycles. The van der Waals surface area contributed by atoms with Crippen LogP contribution in [0, 0.1) is 0 Å². The third-order valence-electron chi connectivity index (χ3n) is 2.09. The van der Waals surface area contributed by atoms with Crippen molar-refractivity contribution in [2.75, 3.05) is 0 Å². The second-order valence-corrected chi connectivity index (χ2v) is 7.45. The summed E-state index contributed by atoms with van der Waals surface area (Å²) in [6, 6.07) is 3.88. The Labute approximate surface area is 108 Å². The van der Waals surface area contributed by atoms with E-state index in [0.29, 0.717) is 0 Å². The minimum absolute atomic E-state index is 0.0284. The van der Waals surface area contributed by atoms with Gasteiger partial charge in [-0.1, -0.05) is 6.07 Å². The molecule has 1 aromatic rings. The maximum Gasteiger partial charge on any atom is 0.136 e. The molecule has 16 heavy (non-hydrogen) atoms. The molecule has 0 fully saturated rings. The summed E-state index contributed by atoms with van der Waals surface area (Å²) in [7, 11) is 0. The van der Waals surface area contributed by atoms with Crippen molar-refractivity contribution in [3.8, 4) is 0 Å². The van der Waals surface area contributed by atoms with E-state index in [-0.39, 0.29) is 10.8 Å². The normalized spacial score (nSPS) is 15.9. The second kappa shape index (κ2) is 5.49. The minimum atomic E-state index is -1.06. The molecule has 0 bridgehead atoms. The van der Waals surface area contributed by atoms with Crippen LogP contribution in [-0.2, 0) is 11.4 Å². The third kappa shape index (κ3) is 4.05. The predicted molar refractivity (Wildman–Crippen MR) is 71.4 cm³/mol. The largest absolute Gasteiger partial charge is 0.598 e. The second-order valence-electron chi connectivity index (χ2n) is 4.63. The number of pyridine rings is 1. The summed E-state index contributed by atoms with van der Waals surface area (Å²) in [5, 5.41) is 0. The number of halogens is 1. The molecule has 0 spiro atoms. The SMILES string of the molecule is C[C@H](N[S@+]([O-])C(C)(C)C)c1ccc(Br)nc1. The van der Waals surface area contributed by atoms with E-state index in [0.717, 1.165) is 10.2 Å². The summed E-state index contributed by atoms with van der Waals surface area (Å²) in [6.45, 7) is 7.82. The monoisotopic (exact) mass is 304 g/mol. The number of hydrogen-bond acceptors (Lipinski definition) is 3. The maximum absolute atomic E-state index is 11.9.